The Morgan fingerprint density at radius 2 is 1.94 bits per heavy atom. The fraction of sp³-hybridized carbons (Fsp3) is 0.429. The van der Waals surface area contributed by atoms with Crippen LogP contribution in [0.5, 0.6) is 11.5 Å². The van der Waals surface area contributed by atoms with Crippen molar-refractivity contribution in [3.63, 3.8) is 0 Å². The molecule has 0 amide bonds. The Morgan fingerprint density at radius 3 is 2.44 bits per heavy atom. The molecule has 16 heavy (non-hydrogen) atoms. The third-order valence-corrected chi connectivity index (χ3v) is 2.82. The predicted octanol–water partition coefficient (Wildman–Crippen LogP) is 3.77. The average molecular weight is 220 g/mol. The second kappa shape index (κ2) is 6.21. The fourth-order valence-corrected chi connectivity index (χ4v) is 1.85. The Kier molecular flexibility index (Phi) is 4.90. The van der Waals surface area contributed by atoms with E-state index in [0.717, 1.165) is 24.3 Å². The van der Waals surface area contributed by atoms with Crippen molar-refractivity contribution in [2.75, 3.05) is 14.2 Å². The highest BCUT2D eigenvalue weighted by atomic mass is 16.5. The Hall–Kier alpha value is -1.44. The van der Waals surface area contributed by atoms with Crippen molar-refractivity contribution in [2.45, 2.75) is 25.7 Å². The van der Waals surface area contributed by atoms with Crippen molar-refractivity contribution in [2.24, 2.45) is 0 Å². The van der Waals surface area contributed by atoms with E-state index in [1.165, 1.54) is 5.56 Å². The van der Waals surface area contributed by atoms with E-state index in [0.29, 0.717) is 5.92 Å². The van der Waals surface area contributed by atoms with Gasteiger partial charge < -0.3 is 9.47 Å². The predicted molar refractivity (Wildman–Crippen MR) is 67.4 cm³/mol. The number of ether oxygens (including phenoxy) is 2. The van der Waals surface area contributed by atoms with Gasteiger partial charge >= 0.3 is 0 Å². The lowest BCUT2D eigenvalue weighted by Crippen LogP contribution is -1.98. The minimum absolute atomic E-state index is 0.511. The lowest BCUT2D eigenvalue weighted by atomic mass is 9.93. The van der Waals surface area contributed by atoms with Crippen LogP contribution in [0.3, 0.4) is 0 Å². The molecule has 0 aromatic heterocycles. The molecule has 0 fully saturated rings. The summed E-state index contributed by atoms with van der Waals surface area (Å²) < 4.78 is 10.5. The first-order valence-corrected chi connectivity index (χ1v) is 5.59. The zero-order valence-corrected chi connectivity index (χ0v) is 10.3. The number of hydrogen-bond donors (Lipinski definition) is 0. The quantitative estimate of drug-likeness (QED) is 0.679. The number of methoxy groups -OCH3 is 2. The van der Waals surface area contributed by atoms with Crippen LogP contribution in [0.2, 0.25) is 0 Å². The minimum Gasteiger partial charge on any atom is -0.493 e. The molecule has 0 saturated carbocycles. The Bertz CT molecular complexity index is 345. The highest BCUT2D eigenvalue weighted by Gasteiger charge is 2.11. The van der Waals surface area contributed by atoms with E-state index in [9.17, 15) is 0 Å². The molecule has 0 spiro atoms. The van der Waals surface area contributed by atoms with Crippen LogP contribution in [0.15, 0.2) is 30.9 Å². The van der Waals surface area contributed by atoms with Crippen LogP contribution >= 0.6 is 0 Å². The van der Waals surface area contributed by atoms with Crippen LogP contribution in [0.25, 0.3) is 0 Å². The van der Waals surface area contributed by atoms with Crippen LogP contribution < -0.4 is 9.47 Å². The molecule has 0 aliphatic rings. The fourth-order valence-electron chi connectivity index (χ4n) is 1.85. The van der Waals surface area contributed by atoms with Crippen LogP contribution in [0, 0.1) is 0 Å². The van der Waals surface area contributed by atoms with E-state index in [4.69, 9.17) is 9.47 Å². The molecule has 1 unspecified atom stereocenters. The zero-order valence-electron chi connectivity index (χ0n) is 10.3. The highest BCUT2D eigenvalue weighted by molar-refractivity contribution is 5.44. The van der Waals surface area contributed by atoms with Crippen molar-refractivity contribution >= 4 is 0 Å². The molecule has 0 N–H and O–H groups in total. The van der Waals surface area contributed by atoms with Gasteiger partial charge in [0.2, 0.25) is 0 Å². The maximum atomic E-state index is 5.30. The number of rotatable bonds is 6. The summed E-state index contributed by atoms with van der Waals surface area (Å²) in [6.07, 6.45) is 4.05. The van der Waals surface area contributed by atoms with Gasteiger partial charge in [-0.3, -0.25) is 0 Å². The number of allylic oxidation sites excluding steroid dienone is 1. The van der Waals surface area contributed by atoms with E-state index in [2.05, 4.69) is 25.6 Å². The van der Waals surface area contributed by atoms with Gasteiger partial charge in [-0.05, 0) is 36.5 Å². The van der Waals surface area contributed by atoms with Crippen molar-refractivity contribution in [3.05, 3.63) is 36.4 Å². The van der Waals surface area contributed by atoms with E-state index in [-0.39, 0.29) is 0 Å². The van der Waals surface area contributed by atoms with Crippen LogP contribution in [-0.2, 0) is 0 Å². The largest absolute Gasteiger partial charge is 0.493 e. The van der Waals surface area contributed by atoms with Crippen molar-refractivity contribution in [3.8, 4) is 11.5 Å². The third-order valence-electron chi connectivity index (χ3n) is 2.82. The zero-order chi connectivity index (χ0) is 12.0. The van der Waals surface area contributed by atoms with Gasteiger partial charge in [0.15, 0.2) is 11.5 Å². The van der Waals surface area contributed by atoms with Crippen LogP contribution in [0.1, 0.15) is 31.2 Å². The summed E-state index contributed by atoms with van der Waals surface area (Å²) in [7, 11) is 3.31. The summed E-state index contributed by atoms with van der Waals surface area (Å²) in [5, 5.41) is 0. The van der Waals surface area contributed by atoms with Crippen molar-refractivity contribution in [1.29, 1.82) is 0 Å². The van der Waals surface area contributed by atoms with Gasteiger partial charge in [0, 0.05) is 0 Å². The average Bonchev–Trinajstić information content (AvgIpc) is 2.35. The minimum atomic E-state index is 0.511. The monoisotopic (exact) mass is 220 g/mol. The smallest absolute Gasteiger partial charge is 0.160 e. The van der Waals surface area contributed by atoms with Gasteiger partial charge in [0.25, 0.3) is 0 Å². The van der Waals surface area contributed by atoms with Gasteiger partial charge in [0.1, 0.15) is 0 Å². The van der Waals surface area contributed by atoms with Crippen LogP contribution in [0.4, 0.5) is 0 Å². The Balaban J connectivity index is 3.00. The van der Waals surface area contributed by atoms with E-state index >= 15 is 0 Å². The van der Waals surface area contributed by atoms with Crippen LogP contribution in [-0.4, -0.2) is 14.2 Å². The molecule has 1 aromatic carbocycles. The molecule has 1 aromatic rings. The molecule has 1 rings (SSSR count). The molecule has 2 nitrogen and oxygen atoms in total. The number of hydrogen-bond acceptors (Lipinski definition) is 2. The maximum absolute atomic E-state index is 5.30. The molecule has 0 aliphatic heterocycles. The molecular formula is C14H20O2. The molecule has 0 heterocycles. The molecule has 1 atom stereocenters. The van der Waals surface area contributed by atoms with Gasteiger partial charge in [-0.15, -0.1) is 6.58 Å². The first-order chi connectivity index (χ1) is 7.76. The summed E-state index contributed by atoms with van der Waals surface area (Å²) in [6, 6.07) is 6.11. The van der Waals surface area contributed by atoms with Gasteiger partial charge in [0.05, 0.1) is 14.2 Å². The molecule has 0 saturated heterocycles. The summed E-state index contributed by atoms with van der Waals surface area (Å²) in [5.74, 6) is 2.08. The molecule has 0 radical (unpaired) electrons. The molecule has 0 aliphatic carbocycles. The summed E-state index contributed by atoms with van der Waals surface area (Å²) in [4.78, 5) is 0. The van der Waals surface area contributed by atoms with E-state index in [1.807, 2.05) is 12.1 Å². The number of benzene rings is 1. The second-order valence-electron chi connectivity index (χ2n) is 3.74. The normalized spacial score (nSPS) is 11.9. The lowest BCUT2D eigenvalue weighted by Gasteiger charge is -2.15. The van der Waals surface area contributed by atoms with E-state index < -0.39 is 0 Å². The maximum Gasteiger partial charge on any atom is 0.160 e. The third kappa shape index (κ3) is 2.78. The van der Waals surface area contributed by atoms with Gasteiger partial charge in [-0.2, -0.15) is 0 Å². The molecular weight excluding hydrogens is 200 g/mol. The van der Waals surface area contributed by atoms with Crippen molar-refractivity contribution < 1.29 is 9.47 Å². The molecule has 0 bridgehead atoms. The standard InChI is InChI=1S/C14H20O2/c1-5-7-11(6-2)12-8-9-13(15-3)14(10-12)16-4/h5,8-11H,1,6-7H2,2-4H3. The summed E-state index contributed by atoms with van der Waals surface area (Å²) in [6.45, 7) is 5.98. The molecule has 2 heteroatoms. The Labute approximate surface area is 97.9 Å². The van der Waals surface area contributed by atoms with Gasteiger partial charge in [-0.25, -0.2) is 0 Å². The SMILES string of the molecule is C=CCC(CC)c1ccc(OC)c(OC)c1. The topological polar surface area (TPSA) is 18.5 Å². The Morgan fingerprint density at radius 1 is 1.25 bits per heavy atom. The van der Waals surface area contributed by atoms with Gasteiger partial charge in [-0.1, -0.05) is 19.1 Å². The first-order valence-electron chi connectivity index (χ1n) is 5.59. The second-order valence-corrected chi connectivity index (χ2v) is 3.74. The highest BCUT2D eigenvalue weighted by Crippen LogP contribution is 2.32. The summed E-state index contributed by atoms with van der Waals surface area (Å²) in [5.41, 5.74) is 1.28. The summed E-state index contributed by atoms with van der Waals surface area (Å²) >= 11 is 0. The molecule has 88 valence electrons. The first kappa shape index (κ1) is 12.6. The van der Waals surface area contributed by atoms with E-state index in [1.54, 1.807) is 14.2 Å². The lowest BCUT2D eigenvalue weighted by molar-refractivity contribution is 0.354. The van der Waals surface area contributed by atoms with Crippen molar-refractivity contribution in [1.82, 2.24) is 0 Å².